The van der Waals surface area contributed by atoms with Crippen LogP contribution in [0.15, 0.2) is 24.3 Å². The minimum absolute atomic E-state index is 0.00972. The Morgan fingerprint density at radius 1 is 1.38 bits per heavy atom. The van der Waals surface area contributed by atoms with Crippen LogP contribution in [0.3, 0.4) is 0 Å². The van der Waals surface area contributed by atoms with Gasteiger partial charge in [-0.2, -0.15) is 0 Å². The third-order valence-electron chi connectivity index (χ3n) is 5.61. The van der Waals surface area contributed by atoms with Crippen molar-refractivity contribution in [1.82, 2.24) is 4.90 Å². The van der Waals surface area contributed by atoms with E-state index in [4.69, 9.17) is 4.74 Å². The Morgan fingerprint density at radius 2 is 2.12 bits per heavy atom. The highest BCUT2D eigenvalue weighted by Gasteiger charge is 2.44. The fourth-order valence-electron chi connectivity index (χ4n) is 4.16. The number of halogens is 1. The van der Waals surface area contributed by atoms with Gasteiger partial charge >= 0.3 is 0 Å². The Balaban J connectivity index is 1.83. The Labute approximate surface area is 142 Å². The lowest BCUT2D eigenvalue weighted by Crippen LogP contribution is -2.50. The topological polar surface area (TPSA) is 49.8 Å². The first-order valence-corrected chi connectivity index (χ1v) is 8.80. The van der Waals surface area contributed by atoms with E-state index in [-0.39, 0.29) is 23.7 Å². The van der Waals surface area contributed by atoms with Gasteiger partial charge in [0.25, 0.3) is 0 Å². The van der Waals surface area contributed by atoms with E-state index < -0.39 is 5.41 Å². The molecule has 5 heteroatoms. The van der Waals surface area contributed by atoms with Crippen molar-refractivity contribution in [2.75, 3.05) is 26.8 Å². The molecule has 2 aliphatic rings. The summed E-state index contributed by atoms with van der Waals surface area (Å²) in [5.74, 6) is -0.168. The molecule has 1 N–H and O–H groups in total. The largest absolute Gasteiger partial charge is 0.393 e. The highest BCUT2D eigenvalue weighted by atomic mass is 19.1. The maximum Gasteiger partial charge on any atom is 0.233 e. The van der Waals surface area contributed by atoms with E-state index in [1.807, 2.05) is 6.07 Å². The maximum absolute atomic E-state index is 13.7. The molecule has 1 saturated heterocycles. The van der Waals surface area contributed by atoms with Gasteiger partial charge in [0.15, 0.2) is 0 Å². The van der Waals surface area contributed by atoms with Gasteiger partial charge in [0.1, 0.15) is 5.82 Å². The molecule has 1 aliphatic heterocycles. The van der Waals surface area contributed by atoms with Gasteiger partial charge in [-0.05, 0) is 43.4 Å². The van der Waals surface area contributed by atoms with E-state index in [1.165, 1.54) is 12.1 Å². The van der Waals surface area contributed by atoms with Crippen LogP contribution in [0.1, 0.15) is 37.7 Å². The molecule has 1 amide bonds. The standard InChI is InChI=1S/C19H26FNO3/c1-21(13-14-4-2-7-17(14)22)18(23)19(8-10-24-11-9-19)15-5-3-6-16(20)12-15/h3,5-6,12,14,17,22H,2,4,7-11,13H2,1H3. The molecule has 1 aromatic carbocycles. The smallest absolute Gasteiger partial charge is 0.233 e. The number of hydrogen-bond donors (Lipinski definition) is 1. The number of benzene rings is 1. The number of carbonyl (C=O) groups is 1. The van der Waals surface area contributed by atoms with E-state index >= 15 is 0 Å². The Bertz CT molecular complexity index is 586. The summed E-state index contributed by atoms with van der Waals surface area (Å²) in [6, 6.07) is 6.38. The molecule has 0 bridgehead atoms. The lowest BCUT2D eigenvalue weighted by molar-refractivity contribution is -0.141. The molecular formula is C19H26FNO3. The molecule has 0 aromatic heterocycles. The molecule has 1 aliphatic carbocycles. The first-order valence-electron chi connectivity index (χ1n) is 8.80. The summed E-state index contributed by atoms with van der Waals surface area (Å²) in [4.78, 5) is 15.0. The number of nitrogens with zero attached hydrogens (tertiary/aromatic N) is 1. The van der Waals surface area contributed by atoms with Gasteiger partial charge in [-0.1, -0.05) is 18.6 Å². The van der Waals surface area contributed by atoms with Crippen molar-refractivity contribution in [3.8, 4) is 0 Å². The van der Waals surface area contributed by atoms with Crippen molar-refractivity contribution in [2.45, 2.75) is 43.6 Å². The van der Waals surface area contributed by atoms with Crippen molar-refractivity contribution >= 4 is 5.91 Å². The summed E-state index contributed by atoms with van der Waals surface area (Å²) in [6.07, 6.45) is 3.58. The lowest BCUT2D eigenvalue weighted by Gasteiger charge is -2.39. The highest BCUT2D eigenvalue weighted by Crippen LogP contribution is 2.37. The second-order valence-corrected chi connectivity index (χ2v) is 7.15. The number of amides is 1. The van der Waals surface area contributed by atoms with E-state index in [2.05, 4.69) is 0 Å². The molecule has 132 valence electrons. The quantitative estimate of drug-likeness (QED) is 0.920. The Hall–Kier alpha value is -1.46. The van der Waals surface area contributed by atoms with Gasteiger partial charge in [-0.3, -0.25) is 4.79 Å². The molecule has 2 atom stereocenters. The number of hydrogen-bond acceptors (Lipinski definition) is 3. The third-order valence-corrected chi connectivity index (χ3v) is 5.61. The summed E-state index contributed by atoms with van der Waals surface area (Å²) >= 11 is 0. The van der Waals surface area contributed by atoms with Crippen LogP contribution in [-0.2, 0) is 14.9 Å². The maximum atomic E-state index is 13.7. The van der Waals surface area contributed by atoms with Crippen LogP contribution in [-0.4, -0.2) is 48.8 Å². The van der Waals surface area contributed by atoms with Crippen LogP contribution >= 0.6 is 0 Å². The monoisotopic (exact) mass is 335 g/mol. The predicted molar refractivity (Wildman–Crippen MR) is 89.1 cm³/mol. The molecule has 4 nitrogen and oxygen atoms in total. The minimum Gasteiger partial charge on any atom is -0.393 e. The van der Waals surface area contributed by atoms with Crippen LogP contribution < -0.4 is 0 Å². The summed E-state index contributed by atoms with van der Waals surface area (Å²) in [5.41, 5.74) is 0.00758. The van der Waals surface area contributed by atoms with Crippen LogP contribution in [0, 0.1) is 11.7 Å². The van der Waals surface area contributed by atoms with Gasteiger partial charge in [-0.25, -0.2) is 4.39 Å². The molecule has 2 unspecified atom stereocenters. The zero-order valence-electron chi connectivity index (χ0n) is 14.2. The molecule has 24 heavy (non-hydrogen) atoms. The molecule has 3 rings (SSSR count). The normalized spacial score (nSPS) is 26.3. The van der Waals surface area contributed by atoms with Crippen molar-refractivity contribution < 1.29 is 19.0 Å². The number of rotatable bonds is 4. The van der Waals surface area contributed by atoms with Gasteiger partial charge < -0.3 is 14.7 Å². The molecular weight excluding hydrogens is 309 g/mol. The number of likely N-dealkylation sites (N-methyl/N-ethyl adjacent to an activating group) is 1. The average molecular weight is 335 g/mol. The van der Waals surface area contributed by atoms with Crippen molar-refractivity contribution in [3.63, 3.8) is 0 Å². The summed E-state index contributed by atoms with van der Waals surface area (Å²) in [6.45, 7) is 1.56. The van der Waals surface area contributed by atoms with E-state index in [9.17, 15) is 14.3 Å². The van der Waals surface area contributed by atoms with Crippen molar-refractivity contribution in [3.05, 3.63) is 35.6 Å². The minimum atomic E-state index is -0.724. The van der Waals surface area contributed by atoms with E-state index in [1.54, 1.807) is 18.0 Å². The molecule has 1 aromatic rings. The Morgan fingerprint density at radius 3 is 2.75 bits per heavy atom. The number of carbonyl (C=O) groups excluding carboxylic acids is 1. The van der Waals surface area contributed by atoms with Crippen LogP contribution in [0.4, 0.5) is 4.39 Å². The fraction of sp³-hybridized carbons (Fsp3) is 0.632. The number of aliphatic hydroxyl groups excluding tert-OH is 1. The summed E-state index contributed by atoms with van der Waals surface area (Å²) < 4.78 is 19.2. The fourth-order valence-corrected chi connectivity index (χ4v) is 4.16. The lowest BCUT2D eigenvalue weighted by atomic mass is 9.73. The van der Waals surface area contributed by atoms with E-state index in [0.717, 1.165) is 24.8 Å². The first-order chi connectivity index (χ1) is 11.5. The predicted octanol–water partition coefficient (Wildman–Crippen LogP) is 2.49. The molecule has 0 spiro atoms. The third kappa shape index (κ3) is 3.33. The number of ether oxygens (including phenoxy) is 1. The highest BCUT2D eigenvalue weighted by molar-refractivity contribution is 5.88. The van der Waals surface area contributed by atoms with Crippen LogP contribution in [0.2, 0.25) is 0 Å². The Kier molecular flexibility index (Phi) is 5.21. The first kappa shape index (κ1) is 17.4. The molecule has 1 heterocycles. The second-order valence-electron chi connectivity index (χ2n) is 7.15. The summed E-state index contributed by atoms with van der Waals surface area (Å²) in [7, 11) is 1.80. The SMILES string of the molecule is CN(CC1CCCC1O)C(=O)C1(c2cccc(F)c2)CCOCC1. The zero-order chi connectivity index (χ0) is 17.2. The van der Waals surface area contributed by atoms with Crippen molar-refractivity contribution in [1.29, 1.82) is 0 Å². The zero-order valence-corrected chi connectivity index (χ0v) is 14.2. The van der Waals surface area contributed by atoms with Gasteiger partial charge in [0.2, 0.25) is 5.91 Å². The van der Waals surface area contributed by atoms with Crippen LogP contribution in [0.25, 0.3) is 0 Å². The van der Waals surface area contributed by atoms with Gasteiger partial charge in [-0.15, -0.1) is 0 Å². The molecule has 2 fully saturated rings. The number of aliphatic hydroxyl groups is 1. The van der Waals surface area contributed by atoms with Crippen molar-refractivity contribution in [2.24, 2.45) is 5.92 Å². The second kappa shape index (κ2) is 7.19. The summed E-state index contributed by atoms with van der Waals surface area (Å²) in [5, 5.41) is 10.0. The van der Waals surface area contributed by atoms with E-state index in [0.29, 0.717) is 32.6 Å². The average Bonchev–Trinajstić information content (AvgIpc) is 2.99. The molecule has 1 saturated carbocycles. The molecule has 0 radical (unpaired) electrons. The van der Waals surface area contributed by atoms with Gasteiger partial charge in [0.05, 0.1) is 11.5 Å². The van der Waals surface area contributed by atoms with Crippen LogP contribution in [0.5, 0.6) is 0 Å². The van der Waals surface area contributed by atoms with Gasteiger partial charge in [0, 0.05) is 32.7 Å².